The molecule has 2 atom stereocenters. The first-order valence-corrected chi connectivity index (χ1v) is 16.5. The normalized spacial score (nSPS) is 19.5. The van der Waals surface area contributed by atoms with Gasteiger partial charge < -0.3 is 29.2 Å². The Labute approximate surface area is 283 Å². The van der Waals surface area contributed by atoms with E-state index in [2.05, 4.69) is 31.3 Å². The number of pyridine rings is 2. The maximum absolute atomic E-state index is 14.7. The standard InChI is InChI=1S/C35H37BFN9O3/c1-48-29-13-24(34(47)43-19-25(37)14-35(36,38)20-43)11-26-30(29)45(17-22-15-41-46(18-22)27-6-4-10-40-33(27)49-2)32(42-26)28-12-23-5-3-9-39-31(23)44(28)16-21-7-8-21/h3-6,9-13,15,18,21,25H,7-8,14,16-17,19-20,36,38H2,1-2H3/t25-,35?/m1/s1. The van der Waals surface area contributed by atoms with E-state index < -0.39 is 11.6 Å². The maximum Gasteiger partial charge on any atom is 0.254 e. The molecule has 14 heteroatoms. The number of nitrogens with two attached hydrogens (primary N) is 1. The third-order valence-electron chi connectivity index (χ3n) is 9.41. The average Bonchev–Trinajstić information content (AvgIpc) is 3.49. The van der Waals surface area contributed by atoms with Crippen molar-refractivity contribution in [3.8, 4) is 28.8 Å². The fourth-order valence-corrected chi connectivity index (χ4v) is 7.06. The number of piperidine rings is 1. The summed E-state index contributed by atoms with van der Waals surface area (Å²) in [5.74, 6) is 1.92. The van der Waals surface area contributed by atoms with Gasteiger partial charge in [-0.05, 0) is 67.6 Å². The van der Waals surface area contributed by atoms with E-state index in [0.29, 0.717) is 46.7 Å². The number of nitrogens with zero attached hydrogens (tertiary/aromatic N) is 8. The lowest BCUT2D eigenvalue weighted by atomic mass is 9.72. The number of benzene rings is 1. The van der Waals surface area contributed by atoms with Crippen molar-refractivity contribution in [1.29, 1.82) is 0 Å². The van der Waals surface area contributed by atoms with Crippen LogP contribution < -0.4 is 15.2 Å². The molecule has 2 fully saturated rings. The minimum Gasteiger partial charge on any atom is -0.494 e. The number of carbonyl (C=O) groups excluding carboxylic acids is 1. The van der Waals surface area contributed by atoms with Crippen LogP contribution in [0.15, 0.2) is 67.3 Å². The van der Waals surface area contributed by atoms with Gasteiger partial charge in [-0.1, -0.05) is 0 Å². The van der Waals surface area contributed by atoms with E-state index >= 15 is 0 Å². The zero-order chi connectivity index (χ0) is 33.9. The van der Waals surface area contributed by atoms with Crippen LogP contribution >= 0.6 is 0 Å². The van der Waals surface area contributed by atoms with E-state index in [4.69, 9.17) is 25.2 Å². The molecule has 2 aliphatic rings. The van der Waals surface area contributed by atoms with Gasteiger partial charge in [0.1, 0.15) is 36.6 Å². The fourth-order valence-electron chi connectivity index (χ4n) is 7.06. The van der Waals surface area contributed by atoms with E-state index in [9.17, 15) is 9.18 Å². The Balaban J connectivity index is 1.28. The topological polar surface area (TPSA) is 131 Å². The van der Waals surface area contributed by atoms with Crippen LogP contribution in [0.2, 0.25) is 0 Å². The number of carbonyl (C=O) groups is 1. The largest absolute Gasteiger partial charge is 0.494 e. The molecule has 250 valence electrons. The van der Waals surface area contributed by atoms with Crippen LogP contribution in [0.1, 0.15) is 35.2 Å². The number of hydrogen-bond donors (Lipinski definition) is 1. The number of fused-ring (bicyclic) bond motifs is 2. The summed E-state index contributed by atoms with van der Waals surface area (Å²) in [6.07, 6.45) is 8.60. The Hall–Kier alpha value is -5.24. The van der Waals surface area contributed by atoms with Crippen molar-refractivity contribution in [3.05, 3.63) is 78.4 Å². The lowest BCUT2D eigenvalue weighted by Gasteiger charge is -2.39. The number of amides is 1. The van der Waals surface area contributed by atoms with Gasteiger partial charge in [-0.15, -0.1) is 0 Å². The summed E-state index contributed by atoms with van der Waals surface area (Å²) in [5, 5.41) is 5.65. The number of halogens is 1. The van der Waals surface area contributed by atoms with E-state index in [1.807, 2.05) is 30.6 Å². The van der Waals surface area contributed by atoms with Gasteiger partial charge in [0.2, 0.25) is 5.88 Å². The van der Waals surface area contributed by atoms with Crippen molar-refractivity contribution < 1.29 is 18.7 Å². The second-order valence-electron chi connectivity index (χ2n) is 13.5. The van der Waals surface area contributed by atoms with Gasteiger partial charge in [-0.2, -0.15) is 5.10 Å². The minimum atomic E-state index is -1.20. The molecule has 1 saturated carbocycles. The molecule has 1 unspecified atom stereocenters. The molecule has 6 heterocycles. The zero-order valence-corrected chi connectivity index (χ0v) is 27.7. The van der Waals surface area contributed by atoms with Crippen LogP contribution in [0.5, 0.6) is 11.6 Å². The average molecular weight is 662 g/mol. The summed E-state index contributed by atoms with van der Waals surface area (Å²) in [6, 6.07) is 13.3. The molecule has 49 heavy (non-hydrogen) atoms. The number of imidazole rings is 1. The van der Waals surface area contributed by atoms with Crippen LogP contribution in [0, 0.1) is 5.92 Å². The second-order valence-corrected chi connectivity index (χ2v) is 13.5. The van der Waals surface area contributed by atoms with Crippen molar-refractivity contribution in [2.45, 2.75) is 44.0 Å². The predicted molar refractivity (Wildman–Crippen MR) is 186 cm³/mol. The molecule has 1 aliphatic heterocycles. The first-order valence-electron chi connectivity index (χ1n) is 16.5. The highest BCUT2D eigenvalue weighted by atomic mass is 19.1. The molecule has 5 aromatic heterocycles. The molecule has 8 rings (SSSR count). The number of hydrogen-bond acceptors (Lipinski definition) is 8. The van der Waals surface area contributed by atoms with Crippen LogP contribution in [-0.4, -0.2) is 91.4 Å². The molecule has 12 nitrogen and oxygen atoms in total. The van der Waals surface area contributed by atoms with Crippen LogP contribution in [0.4, 0.5) is 4.39 Å². The molecule has 0 spiro atoms. The third kappa shape index (κ3) is 5.79. The quantitative estimate of drug-likeness (QED) is 0.233. The molecule has 1 aromatic carbocycles. The summed E-state index contributed by atoms with van der Waals surface area (Å²) in [5.41, 5.74) is 10.6. The van der Waals surface area contributed by atoms with E-state index in [0.717, 1.165) is 34.4 Å². The predicted octanol–water partition coefficient (Wildman–Crippen LogP) is 3.58. The second kappa shape index (κ2) is 12.0. The number of rotatable bonds is 9. The Morgan fingerprint density at radius 3 is 2.69 bits per heavy atom. The van der Waals surface area contributed by atoms with Crippen LogP contribution in [-0.2, 0) is 13.1 Å². The van der Waals surface area contributed by atoms with Crippen molar-refractivity contribution in [3.63, 3.8) is 0 Å². The SMILES string of the molecule is BC1(N)C[C@@H](F)CN(C(=O)c2cc(OC)c3c(c2)nc(-c2cc4cccnc4n2CC2CC2)n3Cc2cnn(-c3cccnc3OC)c2)C1. The van der Waals surface area contributed by atoms with Gasteiger partial charge in [0, 0.05) is 53.6 Å². The molecule has 1 saturated heterocycles. The first-order chi connectivity index (χ1) is 23.7. The zero-order valence-electron chi connectivity index (χ0n) is 27.7. The Morgan fingerprint density at radius 2 is 1.92 bits per heavy atom. The van der Waals surface area contributed by atoms with Crippen molar-refractivity contribution in [1.82, 2.24) is 38.8 Å². The van der Waals surface area contributed by atoms with Gasteiger partial charge in [0.15, 0.2) is 5.82 Å². The molecule has 0 radical (unpaired) electrons. The first kappa shape index (κ1) is 31.1. The summed E-state index contributed by atoms with van der Waals surface area (Å²) in [6.45, 7) is 1.48. The monoisotopic (exact) mass is 661 g/mol. The van der Waals surface area contributed by atoms with Crippen molar-refractivity contribution in [2.75, 3.05) is 27.3 Å². The van der Waals surface area contributed by atoms with Crippen molar-refractivity contribution in [2.24, 2.45) is 11.7 Å². The maximum atomic E-state index is 14.7. The van der Waals surface area contributed by atoms with E-state index in [1.165, 1.54) is 17.7 Å². The Morgan fingerprint density at radius 1 is 1.10 bits per heavy atom. The molecule has 6 aromatic rings. The Kier molecular flexibility index (Phi) is 7.62. The lowest BCUT2D eigenvalue weighted by Crippen LogP contribution is -2.59. The molecule has 0 bridgehead atoms. The van der Waals surface area contributed by atoms with E-state index in [-0.39, 0.29) is 25.4 Å². The third-order valence-corrected chi connectivity index (χ3v) is 9.41. The van der Waals surface area contributed by atoms with Gasteiger partial charge in [0.05, 0.1) is 44.7 Å². The molecule has 1 amide bonds. The number of alkyl halides is 1. The fraction of sp³-hybridized carbons (Fsp3) is 0.343. The van der Waals surface area contributed by atoms with Gasteiger partial charge >= 0.3 is 0 Å². The summed E-state index contributed by atoms with van der Waals surface area (Å²) in [7, 11) is 4.94. The highest BCUT2D eigenvalue weighted by molar-refractivity contribution is 6.15. The molecule has 1 aliphatic carbocycles. The van der Waals surface area contributed by atoms with Crippen LogP contribution in [0.25, 0.3) is 39.3 Å². The summed E-state index contributed by atoms with van der Waals surface area (Å²) in [4.78, 5) is 29.6. The minimum absolute atomic E-state index is 0.00829. The molecular weight excluding hydrogens is 624 g/mol. The van der Waals surface area contributed by atoms with Gasteiger partial charge in [0.25, 0.3) is 5.91 Å². The number of aromatic nitrogens is 7. The highest BCUT2D eigenvalue weighted by Gasteiger charge is 2.36. The number of likely N-dealkylation sites (tertiary alicyclic amines) is 1. The molecule has 2 N–H and O–H groups in total. The number of ether oxygens (including phenoxy) is 2. The summed E-state index contributed by atoms with van der Waals surface area (Å²) >= 11 is 0. The number of methoxy groups -OCH3 is 2. The smallest absolute Gasteiger partial charge is 0.254 e. The molecular formula is C35H37BFN9O3. The van der Waals surface area contributed by atoms with Crippen molar-refractivity contribution >= 4 is 35.8 Å². The highest BCUT2D eigenvalue weighted by Crippen LogP contribution is 2.38. The van der Waals surface area contributed by atoms with Gasteiger partial charge in [-0.25, -0.2) is 24.0 Å². The Bertz CT molecular complexity index is 2210. The summed E-state index contributed by atoms with van der Waals surface area (Å²) < 4.78 is 32.2. The van der Waals surface area contributed by atoms with Crippen LogP contribution in [0.3, 0.4) is 0 Å². The van der Waals surface area contributed by atoms with E-state index in [1.54, 1.807) is 51.3 Å². The lowest BCUT2D eigenvalue weighted by molar-refractivity contribution is 0.0574. The van der Waals surface area contributed by atoms with Gasteiger partial charge in [-0.3, -0.25) is 4.79 Å².